The summed E-state index contributed by atoms with van der Waals surface area (Å²) in [6, 6.07) is 0. The lowest BCUT2D eigenvalue weighted by Gasteiger charge is -2.35. The summed E-state index contributed by atoms with van der Waals surface area (Å²) < 4.78 is 0. The standard InChI is InChI=1S/C12H23N3O2/c1-4-13-11(16)9-14-5-7-15(8-6-14)12(17)10(2)3/h10H,4-9H2,1-3H3,(H,13,16). The Morgan fingerprint density at radius 1 is 1.18 bits per heavy atom. The molecule has 98 valence electrons. The third kappa shape index (κ3) is 4.34. The van der Waals surface area contributed by atoms with Crippen LogP contribution in [0.15, 0.2) is 0 Å². The number of carbonyl (C=O) groups excluding carboxylic acids is 2. The largest absolute Gasteiger partial charge is 0.355 e. The SMILES string of the molecule is CCNC(=O)CN1CCN(C(=O)C(C)C)CC1. The first-order valence-corrected chi connectivity index (χ1v) is 6.32. The average Bonchev–Trinajstić information content (AvgIpc) is 2.29. The van der Waals surface area contributed by atoms with Crippen LogP contribution < -0.4 is 5.32 Å². The van der Waals surface area contributed by atoms with Gasteiger partial charge >= 0.3 is 0 Å². The number of nitrogens with zero attached hydrogens (tertiary/aromatic N) is 2. The van der Waals surface area contributed by atoms with Gasteiger partial charge in [-0.1, -0.05) is 13.8 Å². The highest BCUT2D eigenvalue weighted by molar-refractivity contribution is 5.79. The van der Waals surface area contributed by atoms with Crippen LogP contribution in [0.5, 0.6) is 0 Å². The van der Waals surface area contributed by atoms with Crippen LogP contribution in [0.25, 0.3) is 0 Å². The summed E-state index contributed by atoms with van der Waals surface area (Å²) in [5, 5.41) is 2.78. The molecule has 0 aromatic carbocycles. The molecule has 1 heterocycles. The second-order valence-corrected chi connectivity index (χ2v) is 4.71. The molecule has 17 heavy (non-hydrogen) atoms. The first-order chi connectivity index (χ1) is 8.04. The van der Waals surface area contributed by atoms with Crippen molar-refractivity contribution in [1.82, 2.24) is 15.1 Å². The maximum atomic E-state index is 11.8. The predicted octanol–water partition coefficient (Wildman–Crippen LogP) is -0.0773. The number of rotatable bonds is 4. The molecule has 1 fully saturated rings. The number of hydrogen-bond acceptors (Lipinski definition) is 3. The Morgan fingerprint density at radius 2 is 1.76 bits per heavy atom. The number of hydrogen-bond donors (Lipinski definition) is 1. The molecule has 1 N–H and O–H groups in total. The van der Waals surface area contributed by atoms with Crippen molar-refractivity contribution in [2.75, 3.05) is 39.3 Å². The van der Waals surface area contributed by atoms with E-state index in [4.69, 9.17) is 0 Å². The third-order valence-electron chi connectivity index (χ3n) is 2.92. The van der Waals surface area contributed by atoms with Crippen molar-refractivity contribution in [2.24, 2.45) is 5.92 Å². The monoisotopic (exact) mass is 241 g/mol. The van der Waals surface area contributed by atoms with E-state index in [1.54, 1.807) is 0 Å². The summed E-state index contributed by atoms with van der Waals surface area (Å²) in [5.41, 5.74) is 0. The Bertz CT molecular complexity index is 271. The minimum atomic E-state index is 0.0601. The Labute approximate surface area is 103 Å². The van der Waals surface area contributed by atoms with Crippen LogP contribution in [0.3, 0.4) is 0 Å². The van der Waals surface area contributed by atoms with Gasteiger partial charge in [-0.25, -0.2) is 0 Å². The fraction of sp³-hybridized carbons (Fsp3) is 0.833. The Hall–Kier alpha value is -1.10. The highest BCUT2D eigenvalue weighted by atomic mass is 16.2. The van der Waals surface area contributed by atoms with E-state index in [9.17, 15) is 9.59 Å². The highest BCUT2D eigenvalue weighted by Gasteiger charge is 2.23. The average molecular weight is 241 g/mol. The summed E-state index contributed by atoms with van der Waals surface area (Å²) in [7, 11) is 0. The fourth-order valence-corrected chi connectivity index (χ4v) is 1.95. The smallest absolute Gasteiger partial charge is 0.234 e. The Morgan fingerprint density at radius 3 is 2.24 bits per heavy atom. The Kier molecular flexibility index (Phi) is 5.41. The first kappa shape index (κ1) is 14.0. The van der Waals surface area contributed by atoms with Crippen molar-refractivity contribution in [3.8, 4) is 0 Å². The molecular formula is C12H23N3O2. The summed E-state index contributed by atoms with van der Waals surface area (Å²) in [4.78, 5) is 27.1. The minimum Gasteiger partial charge on any atom is -0.355 e. The van der Waals surface area contributed by atoms with Crippen LogP contribution in [0.1, 0.15) is 20.8 Å². The normalized spacial score (nSPS) is 17.3. The van der Waals surface area contributed by atoms with Gasteiger partial charge in [0.05, 0.1) is 6.54 Å². The Balaban J connectivity index is 2.31. The van der Waals surface area contributed by atoms with Crippen molar-refractivity contribution in [3.05, 3.63) is 0 Å². The third-order valence-corrected chi connectivity index (χ3v) is 2.92. The molecule has 0 aromatic heterocycles. The molecule has 0 spiro atoms. The van der Waals surface area contributed by atoms with E-state index in [2.05, 4.69) is 10.2 Å². The fourth-order valence-electron chi connectivity index (χ4n) is 1.95. The lowest BCUT2D eigenvalue weighted by molar-refractivity contribution is -0.136. The van der Waals surface area contributed by atoms with Crippen molar-refractivity contribution < 1.29 is 9.59 Å². The van der Waals surface area contributed by atoms with Crippen LogP contribution in [-0.2, 0) is 9.59 Å². The number of carbonyl (C=O) groups is 2. The summed E-state index contributed by atoms with van der Waals surface area (Å²) >= 11 is 0. The van der Waals surface area contributed by atoms with E-state index in [-0.39, 0.29) is 17.7 Å². The summed E-state index contributed by atoms with van der Waals surface area (Å²) in [6.07, 6.45) is 0. The quantitative estimate of drug-likeness (QED) is 0.749. The van der Waals surface area contributed by atoms with E-state index in [1.165, 1.54) is 0 Å². The molecule has 5 heteroatoms. The molecule has 0 aliphatic carbocycles. The topological polar surface area (TPSA) is 52.7 Å². The van der Waals surface area contributed by atoms with Gasteiger partial charge in [0.25, 0.3) is 0 Å². The molecule has 1 aliphatic rings. The molecule has 1 aliphatic heterocycles. The number of nitrogens with one attached hydrogen (secondary N) is 1. The maximum Gasteiger partial charge on any atom is 0.234 e. The van der Waals surface area contributed by atoms with E-state index >= 15 is 0 Å². The minimum absolute atomic E-state index is 0.0601. The van der Waals surface area contributed by atoms with Crippen LogP contribution >= 0.6 is 0 Å². The predicted molar refractivity (Wildman–Crippen MR) is 66.5 cm³/mol. The second kappa shape index (κ2) is 6.59. The molecule has 0 saturated carbocycles. The van der Waals surface area contributed by atoms with E-state index < -0.39 is 0 Å². The van der Waals surface area contributed by atoms with E-state index in [0.717, 1.165) is 26.2 Å². The van der Waals surface area contributed by atoms with Crippen LogP contribution in [0, 0.1) is 5.92 Å². The molecule has 5 nitrogen and oxygen atoms in total. The first-order valence-electron chi connectivity index (χ1n) is 6.32. The van der Waals surface area contributed by atoms with E-state index in [1.807, 2.05) is 25.7 Å². The van der Waals surface area contributed by atoms with Crippen molar-refractivity contribution in [1.29, 1.82) is 0 Å². The van der Waals surface area contributed by atoms with Gasteiger partial charge in [-0.05, 0) is 6.92 Å². The van der Waals surface area contributed by atoms with Crippen LogP contribution in [-0.4, -0.2) is 60.9 Å². The molecule has 1 saturated heterocycles. The molecule has 1 rings (SSSR count). The number of likely N-dealkylation sites (N-methyl/N-ethyl adjacent to an activating group) is 1. The van der Waals surface area contributed by atoms with Crippen molar-refractivity contribution in [3.63, 3.8) is 0 Å². The lowest BCUT2D eigenvalue weighted by atomic mass is 10.1. The van der Waals surface area contributed by atoms with Crippen molar-refractivity contribution >= 4 is 11.8 Å². The lowest BCUT2D eigenvalue weighted by Crippen LogP contribution is -2.51. The van der Waals surface area contributed by atoms with Gasteiger partial charge in [-0.2, -0.15) is 0 Å². The number of piperazine rings is 1. The summed E-state index contributed by atoms with van der Waals surface area (Å²) in [6.45, 7) is 9.91. The van der Waals surface area contributed by atoms with Gasteiger partial charge in [-0.15, -0.1) is 0 Å². The molecular weight excluding hydrogens is 218 g/mol. The molecule has 0 bridgehead atoms. The van der Waals surface area contributed by atoms with Gasteiger partial charge in [0.15, 0.2) is 0 Å². The molecule has 0 aromatic rings. The van der Waals surface area contributed by atoms with Crippen LogP contribution in [0.2, 0.25) is 0 Å². The highest BCUT2D eigenvalue weighted by Crippen LogP contribution is 2.06. The zero-order chi connectivity index (χ0) is 12.8. The van der Waals surface area contributed by atoms with Gasteiger partial charge in [-0.3, -0.25) is 14.5 Å². The van der Waals surface area contributed by atoms with Crippen LogP contribution in [0.4, 0.5) is 0 Å². The van der Waals surface area contributed by atoms with Gasteiger partial charge in [0.2, 0.25) is 11.8 Å². The van der Waals surface area contributed by atoms with Gasteiger partial charge in [0, 0.05) is 38.6 Å². The molecule has 0 radical (unpaired) electrons. The van der Waals surface area contributed by atoms with E-state index in [0.29, 0.717) is 13.1 Å². The van der Waals surface area contributed by atoms with Gasteiger partial charge < -0.3 is 10.2 Å². The van der Waals surface area contributed by atoms with Gasteiger partial charge in [0.1, 0.15) is 0 Å². The molecule has 2 amide bonds. The zero-order valence-corrected chi connectivity index (χ0v) is 11.0. The molecule has 0 atom stereocenters. The zero-order valence-electron chi connectivity index (χ0n) is 11.0. The molecule has 0 unspecified atom stereocenters. The summed E-state index contributed by atoms with van der Waals surface area (Å²) in [5.74, 6) is 0.337. The van der Waals surface area contributed by atoms with Crippen molar-refractivity contribution in [2.45, 2.75) is 20.8 Å². The second-order valence-electron chi connectivity index (χ2n) is 4.71. The number of amides is 2. The maximum absolute atomic E-state index is 11.8.